The maximum atomic E-state index is 2.54. The molecule has 0 bridgehead atoms. The lowest BCUT2D eigenvalue weighted by Gasteiger charge is -2.25. The van der Waals surface area contributed by atoms with E-state index in [4.69, 9.17) is 0 Å². The Labute approximate surface area is 367 Å². The van der Waals surface area contributed by atoms with Gasteiger partial charge in [-0.15, -0.1) is 11.3 Å². The first-order valence-electron chi connectivity index (χ1n) is 21.7. The highest BCUT2D eigenvalue weighted by Gasteiger charge is 2.26. The number of hydrogen-bond acceptors (Lipinski definition) is 1. The number of benzene rings is 10. The zero-order valence-corrected chi connectivity index (χ0v) is 34.9. The van der Waals surface area contributed by atoms with Crippen molar-refractivity contribution >= 4 is 75.1 Å². The van der Waals surface area contributed by atoms with Crippen molar-refractivity contribution in [1.82, 2.24) is 9.13 Å². The molecule has 63 heavy (non-hydrogen) atoms. The van der Waals surface area contributed by atoms with Crippen molar-refractivity contribution < 1.29 is 0 Å². The van der Waals surface area contributed by atoms with Gasteiger partial charge in [0.25, 0.3) is 0 Å². The molecule has 0 spiro atoms. The number of thiophene rings is 1. The molecule has 0 atom stereocenters. The van der Waals surface area contributed by atoms with E-state index in [2.05, 4.69) is 228 Å². The second-order valence-electron chi connectivity index (χ2n) is 16.8. The van der Waals surface area contributed by atoms with Gasteiger partial charge in [-0.3, -0.25) is 0 Å². The predicted octanol–water partition coefficient (Wildman–Crippen LogP) is 16.9. The molecule has 1 aliphatic carbocycles. The lowest BCUT2D eigenvalue weighted by atomic mass is 9.79. The maximum absolute atomic E-state index is 2.54. The largest absolute Gasteiger partial charge is 0.309 e. The van der Waals surface area contributed by atoms with Crippen LogP contribution in [-0.2, 0) is 0 Å². The van der Waals surface area contributed by atoms with Crippen LogP contribution in [0.1, 0.15) is 0 Å². The zero-order valence-electron chi connectivity index (χ0n) is 34.1. The zero-order chi connectivity index (χ0) is 41.2. The second-order valence-corrected chi connectivity index (χ2v) is 17.8. The van der Waals surface area contributed by atoms with Crippen LogP contribution in [0.15, 0.2) is 218 Å². The standard InChI is InChI=1S/C60H36N2S/c1-2-17-39-38(16-1)40-18-3-5-20-42(40)50-35-53(49-27-15-26-48-47-25-10-14-31-59(47)63-60(48)49)58(36-51(50)43-21-6-4-19-41(39)43)62-56-30-13-9-24-46(56)52-34-37(32-33-57(52)62)61-54-28-11-7-22-44(54)45-23-8-12-29-55(45)61/h1-36H. The highest BCUT2D eigenvalue weighted by Crippen LogP contribution is 2.52. The van der Waals surface area contributed by atoms with Gasteiger partial charge in [-0.1, -0.05) is 164 Å². The maximum Gasteiger partial charge on any atom is 0.0547 e. The van der Waals surface area contributed by atoms with Gasteiger partial charge in [-0.2, -0.15) is 0 Å². The van der Waals surface area contributed by atoms with Gasteiger partial charge in [0, 0.05) is 58.5 Å². The van der Waals surface area contributed by atoms with Crippen molar-refractivity contribution in [3.8, 4) is 67.0 Å². The Bertz CT molecular complexity index is 3990. The van der Waals surface area contributed by atoms with Crippen LogP contribution in [0, 0.1) is 0 Å². The Morgan fingerprint density at radius 1 is 0.254 bits per heavy atom. The average molecular weight is 817 g/mol. The van der Waals surface area contributed by atoms with Crippen LogP contribution in [0.2, 0.25) is 0 Å². The van der Waals surface area contributed by atoms with Crippen molar-refractivity contribution in [2.75, 3.05) is 0 Å². The van der Waals surface area contributed by atoms with E-state index in [1.54, 1.807) is 0 Å². The van der Waals surface area contributed by atoms with Gasteiger partial charge < -0.3 is 9.13 Å². The first-order valence-corrected chi connectivity index (χ1v) is 22.5. The molecule has 0 unspecified atom stereocenters. The van der Waals surface area contributed by atoms with Crippen molar-refractivity contribution in [2.24, 2.45) is 0 Å². The summed E-state index contributed by atoms with van der Waals surface area (Å²) in [6.07, 6.45) is 0. The summed E-state index contributed by atoms with van der Waals surface area (Å²) in [4.78, 5) is 0. The van der Waals surface area contributed by atoms with Crippen LogP contribution in [0.3, 0.4) is 0 Å². The molecule has 0 saturated carbocycles. The monoisotopic (exact) mass is 816 g/mol. The third kappa shape index (κ3) is 4.94. The summed E-state index contributed by atoms with van der Waals surface area (Å²) in [5.74, 6) is 0. The summed E-state index contributed by atoms with van der Waals surface area (Å²) in [7, 11) is 0. The van der Waals surface area contributed by atoms with Crippen molar-refractivity contribution in [2.45, 2.75) is 0 Å². The molecule has 1 aliphatic rings. The first-order chi connectivity index (χ1) is 31.3. The quantitative estimate of drug-likeness (QED) is 0.168. The van der Waals surface area contributed by atoms with Crippen LogP contribution in [0.25, 0.3) is 131 Å². The Morgan fingerprint density at radius 2 is 0.683 bits per heavy atom. The molecule has 0 amide bonds. The fraction of sp³-hybridized carbons (Fsp3) is 0. The molecule has 2 nitrogen and oxygen atoms in total. The third-order valence-corrected chi connectivity index (χ3v) is 14.7. The summed E-state index contributed by atoms with van der Waals surface area (Å²) < 4.78 is 7.59. The minimum absolute atomic E-state index is 1.15. The topological polar surface area (TPSA) is 9.86 Å². The molecule has 292 valence electrons. The SMILES string of the molecule is c1ccc2c(c1)-c1ccccc1-c1cc(-c3cccc4c3sc3ccccc34)c(-n3c4ccccc4c4cc(-n5c6ccccc6c6ccccc65)ccc43)cc1-c1ccccc1-2. The molecule has 0 saturated heterocycles. The van der Waals surface area contributed by atoms with E-state index in [0.29, 0.717) is 0 Å². The Hall–Kier alpha value is -7.98. The Morgan fingerprint density at radius 3 is 1.29 bits per heavy atom. The van der Waals surface area contributed by atoms with E-state index in [1.807, 2.05) is 11.3 Å². The van der Waals surface area contributed by atoms with Crippen LogP contribution in [0.4, 0.5) is 0 Å². The number of para-hydroxylation sites is 3. The normalized spacial score (nSPS) is 12.1. The molecule has 10 aromatic carbocycles. The average Bonchev–Trinajstić information content (AvgIpc) is 4.01. The van der Waals surface area contributed by atoms with Gasteiger partial charge in [0.1, 0.15) is 0 Å². The third-order valence-electron chi connectivity index (χ3n) is 13.5. The lowest BCUT2D eigenvalue weighted by molar-refractivity contribution is 1.17. The number of rotatable bonds is 3. The molecule has 0 aliphatic heterocycles. The van der Waals surface area contributed by atoms with Crippen LogP contribution < -0.4 is 0 Å². The predicted molar refractivity (Wildman–Crippen MR) is 269 cm³/mol. The minimum Gasteiger partial charge on any atom is -0.309 e. The van der Waals surface area contributed by atoms with E-state index in [1.165, 1.54) is 119 Å². The lowest BCUT2D eigenvalue weighted by Crippen LogP contribution is -2.02. The van der Waals surface area contributed by atoms with Gasteiger partial charge in [0.2, 0.25) is 0 Å². The summed E-state index contributed by atoms with van der Waals surface area (Å²) in [6, 6.07) is 81.3. The molecular weight excluding hydrogens is 781 g/mol. The molecule has 14 rings (SSSR count). The Balaban J connectivity index is 1.12. The smallest absolute Gasteiger partial charge is 0.0547 e. The second kappa shape index (κ2) is 13.3. The van der Waals surface area contributed by atoms with Gasteiger partial charge in [-0.25, -0.2) is 0 Å². The van der Waals surface area contributed by atoms with Gasteiger partial charge in [-0.05, 0) is 99.1 Å². The molecule has 0 N–H and O–H groups in total. The molecule has 3 heterocycles. The van der Waals surface area contributed by atoms with Gasteiger partial charge in [0.15, 0.2) is 0 Å². The molecule has 0 radical (unpaired) electrons. The van der Waals surface area contributed by atoms with Crippen molar-refractivity contribution in [3.63, 3.8) is 0 Å². The molecule has 3 heteroatoms. The fourth-order valence-corrected chi connectivity index (χ4v) is 12.0. The van der Waals surface area contributed by atoms with E-state index in [-0.39, 0.29) is 0 Å². The Kier molecular flexibility index (Phi) is 7.30. The highest BCUT2D eigenvalue weighted by atomic mass is 32.1. The van der Waals surface area contributed by atoms with E-state index in [0.717, 1.165) is 11.4 Å². The minimum atomic E-state index is 1.15. The number of hydrogen-bond donors (Lipinski definition) is 0. The van der Waals surface area contributed by atoms with E-state index in [9.17, 15) is 0 Å². The van der Waals surface area contributed by atoms with Crippen molar-refractivity contribution in [3.05, 3.63) is 218 Å². The number of nitrogens with zero attached hydrogens (tertiary/aromatic N) is 2. The summed E-state index contributed by atoms with van der Waals surface area (Å²) in [6.45, 7) is 0. The van der Waals surface area contributed by atoms with Crippen molar-refractivity contribution in [1.29, 1.82) is 0 Å². The van der Waals surface area contributed by atoms with Gasteiger partial charge in [0.05, 0.1) is 27.8 Å². The number of fused-ring (bicyclic) bond motifs is 17. The summed E-state index contributed by atoms with van der Waals surface area (Å²) in [5, 5.41) is 7.58. The van der Waals surface area contributed by atoms with Gasteiger partial charge >= 0.3 is 0 Å². The highest BCUT2D eigenvalue weighted by molar-refractivity contribution is 7.26. The first kappa shape index (κ1) is 34.7. The van der Waals surface area contributed by atoms with E-state index >= 15 is 0 Å². The molecule has 0 fully saturated rings. The van der Waals surface area contributed by atoms with Crippen LogP contribution >= 0.6 is 11.3 Å². The molecular formula is C60H36N2S. The van der Waals surface area contributed by atoms with E-state index < -0.39 is 0 Å². The summed E-state index contributed by atoms with van der Waals surface area (Å²) in [5.41, 5.74) is 19.5. The molecule has 13 aromatic rings. The summed E-state index contributed by atoms with van der Waals surface area (Å²) >= 11 is 1.90. The number of aromatic nitrogens is 2. The van der Waals surface area contributed by atoms with Crippen LogP contribution in [-0.4, -0.2) is 9.13 Å². The van der Waals surface area contributed by atoms with Crippen LogP contribution in [0.5, 0.6) is 0 Å². The molecule has 3 aromatic heterocycles. The fourth-order valence-electron chi connectivity index (χ4n) is 10.8.